The summed E-state index contributed by atoms with van der Waals surface area (Å²) in [4.78, 5) is 0. The summed E-state index contributed by atoms with van der Waals surface area (Å²) in [7, 11) is 0. The lowest BCUT2D eigenvalue weighted by atomic mass is 10.1. The minimum atomic E-state index is 0.211. The van der Waals surface area contributed by atoms with Gasteiger partial charge < -0.3 is 14.8 Å². The predicted molar refractivity (Wildman–Crippen MR) is 77.5 cm³/mol. The quantitative estimate of drug-likeness (QED) is 0.855. The van der Waals surface area contributed by atoms with E-state index in [2.05, 4.69) is 31.3 Å². The van der Waals surface area contributed by atoms with E-state index in [1.807, 2.05) is 12.1 Å². The summed E-state index contributed by atoms with van der Waals surface area (Å²) in [6, 6.07) is 8.23. The van der Waals surface area contributed by atoms with Gasteiger partial charge in [-0.15, -0.1) is 0 Å². The molecule has 1 N–H and O–H groups in total. The summed E-state index contributed by atoms with van der Waals surface area (Å²) >= 11 is 0. The molecule has 0 bridgehead atoms. The molecule has 3 nitrogen and oxygen atoms in total. The van der Waals surface area contributed by atoms with Crippen LogP contribution in [0.4, 0.5) is 0 Å². The Morgan fingerprint density at radius 3 is 2.89 bits per heavy atom. The second-order valence-electron chi connectivity index (χ2n) is 5.39. The van der Waals surface area contributed by atoms with Gasteiger partial charge in [-0.05, 0) is 39.2 Å². The van der Waals surface area contributed by atoms with Crippen molar-refractivity contribution < 1.29 is 9.47 Å². The maximum Gasteiger partial charge on any atom is 0.124 e. The van der Waals surface area contributed by atoms with E-state index in [0.29, 0.717) is 6.10 Å². The van der Waals surface area contributed by atoms with Gasteiger partial charge in [0.1, 0.15) is 5.75 Å². The maximum absolute atomic E-state index is 5.82. The first-order valence-corrected chi connectivity index (χ1v) is 7.32. The van der Waals surface area contributed by atoms with Gasteiger partial charge in [-0.3, -0.25) is 0 Å². The van der Waals surface area contributed by atoms with Crippen molar-refractivity contribution in [3.8, 4) is 5.75 Å². The van der Waals surface area contributed by atoms with E-state index in [1.165, 1.54) is 24.8 Å². The Morgan fingerprint density at radius 1 is 1.32 bits per heavy atom. The normalized spacial score (nSPS) is 19.6. The number of hydrogen-bond acceptors (Lipinski definition) is 3. The van der Waals surface area contributed by atoms with Gasteiger partial charge in [-0.1, -0.05) is 18.2 Å². The molecule has 0 aromatic heterocycles. The van der Waals surface area contributed by atoms with E-state index >= 15 is 0 Å². The molecule has 1 aliphatic heterocycles. The monoisotopic (exact) mass is 263 g/mol. The van der Waals surface area contributed by atoms with Crippen LogP contribution in [0.15, 0.2) is 24.3 Å². The molecule has 0 saturated carbocycles. The fraction of sp³-hybridized carbons (Fsp3) is 0.625. The fourth-order valence-electron chi connectivity index (χ4n) is 2.35. The first kappa shape index (κ1) is 14.4. The summed E-state index contributed by atoms with van der Waals surface area (Å²) in [6.07, 6.45) is 4.27. The molecule has 1 aromatic carbocycles. The highest BCUT2D eigenvalue weighted by Crippen LogP contribution is 2.19. The first-order valence-electron chi connectivity index (χ1n) is 7.32. The van der Waals surface area contributed by atoms with Gasteiger partial charge in [0.2, 0.25) is 0 Å². The van der Waals surface area contributed by atoms with Crippen LogP contribution >= 0.6 is 0 Å². The van der Waals surface area contributed by atoms with Crippen molar-refractivity contribution in [3.05, 3.63) is 29.8 Å². The van der Waals surface area contributed by atoms with Crippen molar-refractivity contribution in [2.24, 2.45) is 0 Å². The molecule has 106 valence electrons. The van der Waals surface area contributed by atoms with Gasteiger partial charge in [0.25, 0.3) is 0 Å². The van der Waals surface area contributed by atoms with Gasteiger partial charge in [0.15, 0.2) is 0 Å². The van der Waals surface area contributed by atoms with E-state index in [-0.39, 0.29) is 6.10 Å². The van der Waals surface area contributed by atoms with Gasteiger partial charge in [0, 0.05) is 25.3 Å². The molecule has 1 aliphatic rings. The fourth-order valence-corrected chi connectivity index (χ4v) is 2.35. The van der Waals surface area contributed by atoms with Crippen molar-refractivity contribution in [1.82, 2.24) is 5.32 Å². The van der Waals surface area contributed by atoms with Gasteiger partial charge >= 0.3 is 0 Å². The van der Waals surface area contributed by atoms with Crippen molar-refractivity contribution in [3.63, 3.8) is 0 Å². The lowest BCUT2D eigenvalue weighted by Gasteiger charge is -2.23. The summed E-state index contributed by atoms with van der Waals surface area (Å²) in [5.41, 5.74) is 1.21. The average Bonchev–Trinajstić information content (AvgIpc) is 2.41. The zero-order valence-corrected chi connectivity index (χ0v) is 12.0. The van der Waals surface area contributed by atoms with Crippen LogP contribution in [-0.4, -0.2) is 25.4 Å². The molecule has 1 saturated heterocycles. The zero-order chi connectivity index (χ0) is 13.5. The zero-order valence-electron chi connectivity index (χ0n) is 12.0. The third kappa shape index (κ3) is 4.84. The van der Waals surface area contributed by atoms with Crippen molar-refractivity contribution in [2.75, 3.05) is 13.2 Å². The molecule has 0 aliphatic carbocycles. The molecule has 1 heterocycles. The van der Waals surface area contributed by atoms with E-state index in [4.69, 9.17) is 9.47 Å². The lowest BCUT2D eigenvalue weighted by Crippen LogP contribution is -2.31. The van der Waals surface area contributed by atoms with Crippen molar-refractivity contribution in [1.29, 1.82) is 0 Å². The summed E-state index contributed by atoms with van der Waals surface area (Å²) in [5, 5.41) is 3.48. The third-order valence-electron chi connectivity index (χ3n) is 3.30. The Morgan fingerprint density at radius 2 is 2.16 bits per heavy atom. The molecule has 1 aromatic rings. The van der Waals surface area contributed by atoms with Crippen LogP contribution in [0, 0.1) is 0 Å². The van der Waals surface area contributed by atoms with E-state index < -0.39 is 0 Å². The molecule has 3 heteroatoms. The smallest absolute Gasteiger partial charge is 0.124 e. The summed E-state index contributed by atoms with van der Waals surface area (Å²) in [5.74, 6) is 0.981. The second kappa shape index (κ2) is 7.51. The Hall–Kier alpha value is -1.06. The number of benzene rings is 1. The van der Waals surface area contributed by atoms with Gasteiger partial charge in [0.05, 0.1) is 12.2 Å². The van der Waals surface area contributed by atoms with Gasteiger partial charge in [-0.2, -0.15) is 0 Å². The predicted octanol–water partition coefficient (Wildman–Crippen LogP) is 3.13. The van der Waals surface area contributed by atoms with Gasteiger partial charge in [-0.25, -0.2) is 0 Å². The highest BCUT2D eigenvalue weighted by molar-refractivity contribution is 5.33. The van der Waals surface area contributed by atoms with Crippen molar-refractivity contribution in [2.45, 2.75) is 51.9 Å². The molecule has 1 atom stereocenters. The molecular weight excluding hydrogens is 238 g/mol. The molecule has 0 amide bonds. The Labute approximate surface area is 116 Å². The van der Waals surface area contributed by atoms with Crippen LogP contribution in [0.25, 0.3) is 0 Å². The first-order chi connectivity index (χ1) is 9.25. The van der Waals surface area contributed by atoms with Crippen molar-refractivity contribution >= 4 is 0 Å². The third-order valence-corrected chi connectivity index (χ3v) is 3.30. The standard InChI is InChI=1S/C16H25NO2/c1-13(2)19-16-9-4-3-7-14(16)11-17-12-15-8-5-6-10-18-15/h3-4,7,9,13,15,17H,5-6,8,10-12H2,1-2H3. The molecule has 0 radical (unpaired) electrons. The van der Waals surface area contributed by atoms with Crippen LogP contribution in [0.3, 0.4) is 0 Å². The van der Waals surface area contributed by atoms with Crippen LogP contribution < -0.4 is 10.1 Å². The number of ether oxygens (including phenoxy) is 2. The van der Waals surface area contributed by atoms with Crippen LogP contribution in [0.1, 0.15) is 38.7 Å². The maximum atomic E-state index is 5.82. The Bertz CT molecular complexity index is 373. The lowest BCUT2D eigenvalue weighted by molar-refractivity contribution is 0.0167. The molecule has 19 heavy (non-hydrogen) atoms. The Balaban J connectivity index is 1.81. The largest absolute Gasteiger partial charge is 0.491 e. The molecule has 0 spiro atoms. The van der Waals surface area contributed by atoms with Crippen LogP contribution in [0.5, 0.6) is 5.75 Å². The minimum absolute atomic E-state index is 0.211. The van der Waals surface area contributed by atoms with E-state index in [9.17, 15) is 0 Å². The van der Waals surface area contributed by atoms with Crippen LogP contribution in [-0.2, 0) is 11.3 Å². The second-order valence-corrected chi connectivity index (χ2v) is 5.39. The number of nitrogens with one attached hydrogen (secondary N) is 1. The average molecular weight is 263 g/mol. The minimum Gasteiger partial charge on any atom is -0.491 e. The number of hydrogen-bond donors (Lipinski definition) is 1. The SMILES string of the molecule is CC(C)Oc1ccccc1CNCC1CCCCO1. The van der Waals surface area contributed by atoms with Crippen LogP contribution in [0.2, 0.25) is 0 Å². The van der Waals surface area contributed by atoms with E-state index in [0.717, 1.165) is 25.4 Å². The molecular formula is C16H25NO2. The summed E-state index contributed by atoms with van der Waals surface area (Å²) in [6.45, 7) is 6.79. The topological polar surface area (TPSA) is 30.5 Å². The van der Waals surface area contributed by atoms with E-state index in [1.54, 1.807) is 0 Å². The Kier molecular flexibility index (Phi) is 5.67. The number of para-hydroxylation sites is 1. The molecule has 2 rings (SSSR count). The summed E-state index contributed by atoms with van der Waals surface area (Å²) < 4.78 is 11.5. The number of rotatable bonds is 6. The molecule has 1 unspecified atom stereocenters. The highest BCUT2D eigenvalue weighted by Gasteiger charge is 2.13. The molecule has 1 fully saturated rings. The highest BCUT2D eigenvalue weighted by atomic mass is 16.5.